The molecule has 34 heavy (non-hydrogen) atoms. The number of thiazole rings is 1. The first-order chi connectivity index (χ1) is 16.6. The van der Waals surface area contributed by atoms with Gasteiger partial charge in [-0.05, 0) is 61.8 Å². The van der Waals surface area contributed by atoms with Crippen LogP contribution in [-0.4, -0.2) is 53.3 Å². The van der Waals surface area contributed by atoms with Gasteiger partial charge in [0.15, 0.2) is 11.7 Å². The van der Waals surface area contributed by atoms with Gasteiger partial charge in [-0.3, -0.25) is 14.6 Å². The van der Waals surface area contributed by atoms with Crippen molar-refractivity contribution in [2.45, 2.75) is 56.4 Å². The lowest BCUT2D eigenvalue weighted by Gasteiger charge is -2.56. The molecule has 1 aromatic heterocycles. The number of piperazine rings is 1. The largest absolute Gasteiger partial charge is 0.297 e. The van der Waals surface area contributed by atoms with Crippen LogP contribution in [0.15, 0.2) is 35.7 Å². The molecule has 0 radical (unpaired) electrons. The lowest BCUT2D eigenvalue weighted by molar-refractivity contribution is -0.121. The fourth-order valence-corrected chi connectivity index (χ4v) is 8.62. The second kappa shape index (κ2) is 9.18. The van der Waals surface area contributed by atoms with Gasteiger partial charge in [-0.2, -0.15) is 5.26 Å². The number of hydrogen-bond acceptors (Lipinski definition) is 6. The summed E-state index contributed by atoms with van der Waals surface area (Å²) >= 11 is 1.54. The van der Waals surface area contributed by atoms with E-state index in [1.54, 1.807) is 11.3 Å². The number of nitriles is 1. The second-order valence-corrected chi connectivity index (χ2v) is 12.2. The Balaban J connectivity index is 1.07. The minimum Gasteiger partial charge on any atom is -0.297 e. The smallest absolute Gasteiger partial charge is 0.170 e. The van der Waals surface area contributed by atoms with Gasteiger partial charge >= 0.3 is 0 Å². The molecule has 1 aromatic carbocycles. The molecule has 0 unspecified atom stereocenters. The summed E-state index contributed by atoms with van der Waals surface area (Å²) in [6, 6.07) is 12.8. The molecule has 0 N–H and O–H groups in total. The summed E-state index contributed by atoms with van der Waals surface area (Å²) in [6.45, 7) is 4.94. The van der Waals surface area contributed by atoms with Crippen LogP contribution in [0.1, 0.15) is 60.7 Å². The van der Waals surface area contributed by atoms with Gasteiger partial charge in [0.25, 0.3) is 0 Å². The van der Waals surface area contributed by atoms with Crippen LogP contribution in [-0.2, 0) is 16.8 Å². The molecule has 1 saturated heterocycles. The first kappa shape index (κ1) is 22.4. The third-order valence-corrected chi connectivity index (χ3v) is 9.80. The number of aromatic nitrogens is 1. The van der Waals surface area contributed by atoms with E-state index < -0.39 is 5.92 Å². The van der Waals surface area contributed by atoms with Crippen molar-refractivity contribution in [1.82, 2.24) is 14.8 Å². The standard InChI is InChI=1S/C28H34N4OS/c29-16-24(25(33)18-32-8-6-31(7-9-32)17-20-4-2-1-3-5-20)27-30-26(19-34-27)28-13-21-10-22(14-28)12-23(11-21)15-28/h1-5,19,21-24H,6-15,17-18H2/t21?,22?,23?,24-,28?/m0/s1. The topological polar surface area (TPSA) is 60.2 Å². The average Bonchev–Trinajstić information content (AvgIpc) is 3.32. The van der Waals surface area contributed by atoms with Crippen molar-refractivity contribution in [2.24, 2.45) is 17.8 Å². The number of carbonyl (C=O) groups is 1. The van der Waals surface area contributed by atoms with Crippen LogP contribution in [0.2, 0.25) is 0 Å². The van der Waals surface area contributed by atoms with Crippen LogP contribution in [0.25, 0.3) is 0 Å². The van der Waals surface area contributed by atoms with E-state index in [-0.39, 0.29) is 11.2 Å². The molecule has 178 valence electrons. The van der Waals surface area contributed by atoms with E-state index in [1.807, 2.05) is 6.07 Å². The zero-order valence-electron chi connectivity index (χ0n) is 19.9. The molecule has 4 aliphatic carbocycles. The fourth-order valence-electron chi connectivity index (χ4n) is 7.61. The predicted octanol–water partition coefficient (Wildman–Crippen LogP) is 4.60. The summed E-state index contributed by atoms with van der Waals surface area (Å²) in [5, 5.41) is 12.8. The van der Waals surface area contributed by atoms with E-state index in [2.05, 4.69) is 45.5 Å². The highest BCUT2D eigenvalue weighted by molar-refractivity contribution is 7.10. The molecule has 2 heterocycles. The molecule has 5 aliphatic rings. The summed E-state index contributed by atoms with van der Waals surface area (Å²) in [6.07, 6.45) is 8.03. The van der Waals surface area contributed by atoms with E-state index in [4.69, 9.17) is 4.98 Å². The van der Waals surface area contributed by atoms with Crippen molar-refractivity contribution in [3.63, 3.8) is 0 Å². The monoisotopic (exact) mass is 474 g/mol. The summed E-state index contributed by atoms with van der Waals surface area (Å²) in [5.41, 5.74) is 2.74. The minimum atomic E-state index is -0.727. The van der Waals surface area contributed by atoms with Gasteiger partial charge < -0.3 is 0 Å². The molecule has 0 spiro atoms. The van der Waals surface area contributed by atoms with Gasteiger partial charge in [0, 0.05) is 43.5 Å². The molecule has 2 aromatic rings. The Morgan fingerprint density at radius 1 is 1.03 bits per heavy atom. The Hall–Kier alpha value is -2.07. The molecule has 0 amide bonds. The van der Waals surface area contributed by atoms with Crippen LogP contribution in [0.5, 0.6) is 0 Å². The summed E-state index contributed by atoms with van der Waals surface area (Å²) < 4.78 is 0. The highest BCUT2D eigenvalue weighted by Gasteiger charge is 2.52. The minimum absolute atomic E-state index is 0.00502. The summed E-state index contributed by atoms with van der Waals surface area (Å²) in [5.74, 6) is 1.88. The molecular weight excluding hydrogens is 440 g/mol. The molecule has 7 rings (SSSR count). The number of rotatable bonds is 7. The summed E-state index contributed by atoms with van der Waals surface area (Å²) in [4.78, 5) is 22.8. The lowest BCUT2D eigenvalue weighted by Crippen LogP contribution is -2.48. The summed E-state index contributed by atoms with van der Waals surface area (Å²) in [7, 11) is 0. The average molecular weight is 475 g/mol. The van der Waals surface area contributed by atoms with Gasteiger partial charge in [0.05, 0.1) is 18.3 Å². The van der Waals surface area contributed by atoms with Gasteiger partial charge in [-0.1, -0.05) is 30.3 Å². The maximum atomic E-state index is 13.2. The highest BCUT2D eigenvalue weighted by Crippen LogP contribution is 2.60. The predicted molar refractivity (Wildman–Crippen MR) is 133 cm³/mol. The van der Waals surface area contributed by atoms with Gasteiger partial charge in [-0.25, -0.2) is 4.98 Å². The van der Waals surface area contributed by atoms with Crippen LogP contribution in [0.3, 0.4) is 0 Å². The van der Waals surface area contributed by atoms with Crippen LogP contribution in [0, 0.1) is 29.1 Å². The van der Waals surface area contributed by atoms with E-state index in [1.165, 1.54) is 49.8 Å². The normalized spacial score (nSPS) is 31.9. The molecular formula is C28H34N4OS. The molecule has 5 nitrogen and oxygen atoms in total. The molecule has 4 bridgehead atoms. The van der Waals surface area contributed by atoms with Crippen molar-refractivity contribution < 1.29 is 4.79 Å². The van der Waals surface area contributed by atoms with E-state index in [9.17, 15) is 10.1 Å². The van der Waals surface area contributed by atoms with Crippen molar-refractivity contribution in [2.75, 3.05) is 32.7 Å². The van der Waals surface area contributed by atoms with Gasteiger partial charge in [-0.15, -0.1) is 11.3 Å². The molecule has 6 heteroatoms. The number of benzene rings is 1. The third kappa shape index (κ3) is 4.34. The quantitative estimate of drug-likeness (QED) is 0.587. The number of ketones is 1. The van der Waals surface area contributed by atoms with Crippen LogP contribution in [0.4, 0.5) is 0 Å². The Bertz CT molecular complexity index is 1030. The number of hydrogen-bond donors (Lipinski definition) is 0. The van der Waals surface area contributed by atoms with E-state index in [0.29, 0.717) is 6.54 Å². The number of nitrogens with zero attached hydrogens (tertiary/aromatic N) is 4. The highest BCUT2D eigenvalue weighted by atomic mass is 32.1. The van der Waals surface area contributed by atoms with Crippen molar-refractivity contribution in [3.05, 3.63) is 52.0 Å². The van der Waals surface area contributed by atoms with Crippen molar-refractivity contribution in [1.29, 1.82) is 5.26 Å². The Morgan fingerprint density at radius 2 is 1.65 bits per heavy atom. The van der Waals surface area contributed by atoms with Gasteiger partial charge in [0.1, 0.15) is 5.01 Å². The van der Waals surface area contributed by atoms with Crippen molar-refractivity contribution in [3.8, 4) is 6.07 Å². The lowest BCUT2D eigenvalue weighted by atomic mass is 9.49. The zero-order chi connectivity index (χ0) is 23.1. The van der Waals surface area contributed by atoms with E-state index >= 15 is 0 Å². The zero-order valence-corrected chi connectivity index (χ0v) is 20.7. The maximum Gasteiger partial charge on any atom is 0.170 e. The first-order valence-electron chi connectivity index (χ1n) is 13.0. The Morgan fingerprint density at radius 3 is 2.26 bits per heavy atom. The Labute approximate surface area is 206 Å². The van der Waals surface area contributed by atoms with Gasteiger partial charge in [0.2, 0.25) is 0 Å². The SMILES string of the molecule is N#C[C@@H](C(=O)CN1CCN(Cc2ccccc2)CC1)c1nc(C23CC4CC(CC(C4)C2)C3)cs1. The van der Waals surface area contributed by atoms with E-state index in [0.717, 1.165) is 55.5 Å². The number of Topliss-reactive ketones (excluding diaryl/α,β-unsaturated/α-hetero) is 1. The Kier molecular flexibility index (Phi) is 6.05. The molecule has 4 saturated carbocycles. The first-order valence-corrected chi connectivity index (χ1v) is 13.8. The molecule has 5 fully saturated rings. The van der Waals surface area contributed by atoms with Crippen LogP contribution < -0.4 is 0 Å². The van der Waals surface area contributed by atoms with Crippen molar-refractivity contribution >= 4 is 17.1 Å². The number of carbonyl (C=O) groups excluding carboxylic acids is 1. The third-order valence-electron chi connectivity index (χ3n) is 8.89. The molecule has 1 aliphatic heterocycles. The molecule has 1 atom stereocenters. The van der Waals surface area contributed by atoms with Crippen LogP contribution >= 0.6 is 11.3 Å². The second-order valence-electron chi connectivity index (χ2n) is 11.3. The fraction of sp³-hybridized carbons (Fsp3) is 0.607. The maximum absolute atomic E-state index is 13.2.